The van der Waals surface area contributed by atoms with Crippen molar-refractivity contribution in [2.75, 3.05) is 7.05 Å². The Morgan fingerprint density at radius 2 is 1.78 bits per heavy atom. The molecule has 1 rings (SSSR count). The molecular formula is C12H16BrF3N2. The van der Waals surface area contributed by atoms with Gasteiger partial charge in [0.25, 0.3) is 0 Å². The molecule has 2 unspecified atom stereocenters. The van der Waals surface area contributed by atoms with Gasteiger partial charge in [0.1, 0.15) is 6.04 Å². The van der Waals surface area contributed by atoms with E-state index in [1.54, 1.807) is 24.3 Å². The minimum absolute atomic E-state index is 0.207. The maximum atomic E-state index is 12.9. The van der Waals surface area contributed by atoms with Crippen LogP contribution < -0.4 is 5.73 Å². The first kappa shape index (κ1) is 15.5. The highest BCUT2D eigenvalue weighted by Gasteiger charge is 2.44. The van der Waals surface area contributed by atoms with E-state index in [1.165, 1.54) is 18.9 Å². The summed E-state index contributed by atoms with van der Waals surface area (Å²) in [7, 11) is 1.43. The molecule has 1 aromatic carbocycles. The van der Waals surface area contributed by atoms with Crippen LogP contribution in [0.3, 0.4) is 0 Å². The molecule has 0 saturated carbocycles. The van der Waals surface area contributed by atoms with Gasteiger partial charge in [-0.05, 0) is 31.7 Å². The molecule has 2 N–H and O–H groups in total. The SMILES string of the molecule is CC(N)C(N(C)Cc1ccc(Br)cc1)C(F)(F)F. The molecule has 0 fully saturated rings. The Labute approximate surface area is 113 Å². The molecule has 0 saturated heterocycles. The van der Waals surface area contributed by atoms with E-state index in [4.69, 9.17) is 5.73 Å². The molecule has 0 bridgehead atoms. The van der Waals surface area contributed by atoms with Crippen LogP contribution in [0, 0.1) is 0 Å². The van der Waals surface area contributed by atoms with Crippen LogP contribution in [-0.2, 0) is 6.54 Å². The van der Waals surface area contributed by atoms with Crippen molar-refractivity contribution < 1.29 is 13.2 Å². The fraction of sp³-hybridized carbons (Fsp3) is 0.500. The highest BCUT2D eigenvalue weighted by atomic mass is 79.9. The van der Waals surface area contributed by atoms with E-state index in [1.807, 2.05) is 0 Å². The normalized spacial score (nSPS) is 15.8. The molecule has 0 radical (unpaired) electrons. The van der Waals surface area contributed by atoms with Crippen LogP contribution in [0.4, 0.5) is 13.2 Å². The van der Waals surface area contributed by atoms with Crippen molar-refractivity contribution in [1.82, 2.24) is 4.90 Å². The van der Waals surface area contributed by atoms with E-state index in [-0.39, 0.29) is 6.54 Å². The zero-order chi connectivity index (χ0) is 13.9. The van der Waals surface area contributed by atoms with Crippen molar-refractivity contribution in [2.45, 2.75) is 31.7 Å². The zero-order valence-electron chi connectivity index (χ0n) is 10.2. The molecule has 2 nitrogen and oxygen atoms in total. The predicted octanol–water partition coefficient (Wildman–Crippen LogP) is 3.16. The smallest absolute Gasteiger partial charge is 0.326 e. The number of nitrogens with two attached hydrogens (primary N) is 1. The lowest BCUT2D eigenvalue weighted by Crippen LogP contribution is -2.53. The summed E-state index contributed by atoms with van der Waals surface area (Å²) in [5.74, 6) is 0. The molecule has 0 amide bonds. The Morgan fingerprint density at radius 3 is 2.17 bits per heavy atom. The standard InChI is InChI=1S/C12H16BrF3N2/c1-8(17)11(12(14,15)16)18(2)7-9-3-5-10(13)6-4-9/h3-6,8,11H,7,17H2,1-2H3. The summed E-state index contributed by atoms with van der Waals surface area (Å²) in [6, 6.07) is 4.58. The second-order valence-corrected chi connectivity index (χ2v) is 5.30. The van der Waals surface area contributed by atoms with Gasteiger partial charge in [0, 0.05) is 17.1 Å². The first-order valence-electron chi connectivity index (χ1n) is 5.49. The Kier molecular flexibility index (Phi) is 5.19. The van der Waals surface area contributed by atoms with Gasteiger partial charge in [0.05, 0.1) is 0 Å². The molecule has 6 heteroatoms. The highest BCUT2D eigenvalue weighted by Crippen LogP contribution is 2.27. The summed E-state index contributed by atoms with van der Waals surface area (Å²) in [6.45, 7) is 1.58. The maximum Gasteiger partial charge on any atom is 0.405 e. The molecule has 2 atom stereocenters. The second kappa shape index (κ2) is 6.04. The van der Waals surface area contributed by atoms with Gasteiger partial charge >= 0.3 is 6.18 Å². The average Bonchev–Trinajstić information content (AvgIpc) is 2.18. The zero-order valence-corrected chi connectivity index (χ0v) is 11.8. The van der Waals surface area contributed by atoms with E-state index in [0.717, 1.165) is 10.0 Å². The number of benzene rings is 1. The van der Waals surface area contributed by atoms with Crippen LogP contribution >= 0.6 is 15.9 Å². The lowest BCUT2D eigenvalue weighted by molar-refractivity contribution is -0.186. The van der Waals surface area contributed by atoms with Crippen LogP contribution in [0.1, 0.15) is 12.5 Å². The van der Waals surface area contributed by atoms with Gasteiger partial charge in [-0.15, -0.1) is 0 Å². The first-order chi connectivity index (χ1) is 8.21. The van der Waals surface area contributed by atoms with E-state index in [2.05, 4.69) is 15.9 Å². The molecular weight excluding hydrogens is 309 g/mol. The highest BCUT2D eigenvalue weighted by molar-refractivity contribution is 9.10. The molecule has 0 spiro atoms. The number of halogens is 4. The largest absolute Gasteiger partial charge is 0.405 e. The summed E-state index contributed by atoms with van der Waals surface area (Å²) in [6.07, 6.45) is -4.32. The van der Waals surface area contributed by atoms with Gasteiger partial charge in [-0.1, -0.05) is 28.1 Å². The quantitative estimate of drug-likeness (QED) is 0.921. The fourth-order valence-corrected chi connectivity index (χ4v) is 2.19. The molecule has 1 aromatic rings. The number of hydrogen-bond acceptors (Lipinski definition) is 2. The molecule has 0 heterocycles. The number of likely N-dealkylation sites (N-methyl/N-ethyl adjacent to an activating group) is 1. The lowest BCUT2D eigenvalue weighted by atomic mass is 10.1. The Hall–Kier alpha value is -0.590. The van der Waals surface area contributed by atoms with Gasteiger partial charge in [-0.2, -0.15) is 13.2 Å². The van der Waals surface area contributed by atoms with E-state index in [9.17, 15) is 13.2 Å². The van der Waals surface area contributed by atoms with E-state index >= 15 is 0 Å². The summed E-state index contributed by atoms with van der Waals surface area (Å²) >= 11 is 3.28. The molecule has 0 aliphatic carbocycles. The minimum atomic E-state index is -4.32. The summed E-state index contributed by atoms with van der Waals surface area (Å²) < 4.78 is 39.5. The van der Waals surface area contributed by atoms with Crippen molar-refractivity contribution in [3.8, 4) is 0 Å². The van der Waals surface area contributed by atoms with Crippen molar-refractivity contribution in [3.63, 3.8) is 0 Å². The van der Waals surface area contributed by atoms with Crippen molar-refractivity contribution in [2.24, 2.45) is 5.73 Å². The van der Waals surface area contributed by atoms with E-state index < -0.39 is 18.3 Å². The van der Waals surface area contributed by atoms with Crippen LogP contribution in [0.15, 0.2) is 28.7 Å². The van der Waals surface area contributed by atoms with Gasteiger partial charge in [0.15, 0.2) is 0 Å². The molecule has 0 aromatic heterocycles. The van der Waals surface area contributed by atoms with Gasteiger partial charge < -0.3 is 5.73 Å². The summed E-state index contributed by atoms with van der Waals surface area (Å²) in [5, 5.41) is 0. The Balaban J connectivity index is 2.79. The summed E-state index contributed by atoms with van der Waals surface area (Å²) in [5.41, 5.74) is 6.25. The molecule has 18 heavy (non-hydrogen) atoms. The Bertz CT molecular complexity index is 376. The Morgan fingerprint density at radius 1 is 1.28 bits per heavy atom. The van der Waals surface area contributed by atoms with Crippen molar-refractivity contribution >= 4 is 15.9 Å². The maximum absolute atomic E-state index is 12.9. The molecule has 102 valence electrons. The second-order valence-electron chi connectivity index (χ2n) is 4.39. The third-order valence-corrected chi connectivity index (χ3v) is 3.18. The number of alkyl halides is 3. The van der Waals surface area contributed by atoms with Crippen LogP contribution in [0.5, 0.6) is 0 Å². The minimum Gasteiger partial charge on any atom is -0.326 e. The van der Waals surface area contributed by atoms with Gasteiger partial charge in [-0.3, -0.25) is 4.90 Å². The van der Waals surface area contributed by atoms with E-state index in [0.29, 0.717) is 0 Å². The van der Waals surface area contributed by atoms with Crippen molar-refractivity contribution in [1.29, 1.82) is 0 Å². The number of rotatable bonds is 4. The third kappa shape index (κ3) is 4.26. The topological polar surface area (TPSA) is 29.3 Å². The molecule has 0 aliphatic heterocycles. The monoisotopic (exact) mass is 324 g/mol. The van der Waals surface area contributed by atoms with Gasteiger partial charge in [-0.25, -0.2) is 0 Å². The number of hydrogen-bond donors (Lipinski definition) is 1. The summed E-state index contributed by atoms with van der Waals surface area (Å²) in [4.78, 5) is 1.23. The van der Waals surface area contributed by atoms with Crippen LogP contribution in [0.25, 0.3) is 0 Å². The first-order valence-corrected chi connectivity index (χ1v) is 6.28. The van der Waals surface area contributed by atoms with Crippen LogP contribution in [0.2, 0.25) is 0 Å². The average molecular weight is 325 g/mol. The van der Waals surface area contributed by atoms with Gasteiger partial charge in [0.2, 0.25) is 0 Å². The fourth-order valence-electron chi connectivity index (χ4n) is 1.93. The van der Waals surface area contributed by atoms with Crippen molar-refractivity contribution in [3.05, 3.63) is 34.3 Å². The third-order valence-electron chi connectivity index (χ3n) is 2.65. The lowest BCUT2D eigenvalue weighted by Gasteiger charge is -2.32. The predicted molar refractivity (Wildman–Crippen MR) is 69.1 cm³/mol. The van der Waals surface area contributed by atoms with Crippen LogP contribution in [-0.4, -0.2) is 30.2 Å². The number of nitrogens with zero attached hydrogens (tertiary/aromatic N) is 1. The molecule has 0 aliphatic rings.